The van der Waals surface area contributed by atoms with Crippen LogP contribution in [0.25, 0.3) is 11.0 Å². The van der Waals surface area contributed by atoms with E-state index in [-0.39, 0.29) is 11.3 Å². The van der Waals surface area contributed by atoms with Crippen LogP contribution < -0.4 is 10.2 Å². The van der Waals surface area contributed by atoms with Crippen LogP contribution in [-0.2, 0) is 6.61 Å². The predicted octanol–water partition coefficient (Wildman–Crippen LogP) is 5.84. The quantitative estimate of drug-likeness (QED) is 0.154. The molecule has 0 radical (unpaired) electrons. The number of ether oxygens (including phenoxy) is 1. The fourth-order valence-corrected chi connectivity index (χ4v) is 4.04. The average Bonchev–Trinajstić information content (AvgIpc) is 3.22. The van der Waals surface area contributed by atoms with E-state index < -0.39 is 11.9 Å². The van der Waals surface area contributed by atoms with Gasteiger partial charge in [0.05, 0.1) is 15.3 Å². The molecule has 9 heteroatoms. The topological polar surface area (TPSA) is 101 Å². The van der Waals surface area contributed by atoms with E-state index in [2.05, 4.69) is 49.0 Å². The van der Waals surface area contributed by atoms with Gasteiger partial charge in [0.1, 0.15) is 17.9 Å². The first kappa shape index (κ1) is 23.0. The summed E-state index contributed by atoms with van der Waals surface area (Å²) in [5.41, 5.74) is 4.97. The molecule has 3 aromatic carbocycles. The molecule has 33 heavy (non-hydrogen) atoms. The molecule has 0 atom stereocenters. The fourth-order valence-electron chi connectivity index (χ4n) is 2.97. The van der Waals surface area contributed by atoms with Crippen molar-refractivity contribution in [3.8, 4) is 5.75 Å². The van der Waals surface area contributed by atoms with Gasteiger partial charge < -0.3 is 14.3 Å². The maximum Gasteiger partial charge on any atom is 0.335 e. The van der Waals surface area contributed by atoms with Crippen LogP contribution in [0.4, 0.5) is 0 Å². The van der Waals surface area contributed by atoms with E-state index in [9.17, 15) is 9.59 Å². The van der Waals surface area contributed by atoms with Gasteiger partial charge in [-0.2, -0.15) is 5.10 Å². The Bertz CT molecular complexity index is 1370. The molecule has 2 N–H and O–H groups in total. The third-order valence-electron chi connectivity index (χ3n) is 4.63. The molecule has 1 heterocycles. The molecule has 0 aliphatic rings. The van der Waals surface area contributed by atoms with E-state index in [0.717, 1.165) is 24.6 Å². The molecule has 0 saturated heterocycles. The zero-order valence-electron chi connectivity index (χ0n) is 16.9. The number of nitrogens with zero attached hydrogens (tertiary/aromatic N) is 1. The number of carbonyl (C=O) groups is 2. The molecule has 7 nitrogen and oxygen atoms in total. The molecule has 0 saturated carbocycles. The number of carboxylic acids is 1. The average molecular weight is 619 g/mol. The second-order valence-electron chi connectivity index (χ2n) is 6.97. The Balaban J connectivity index is 1.35. The van der Waals surface area contributed by atoms with Gasteiger partial charge in [0.15, 0.2) is 5.76 Å². The lowest BCUT2D eigenvalue weighted by molar-refractivity contribution is 0.0696. The van der Waals surface area contributed by atoms with Crippen molar-refractivity contribution in [1.29, 1.82) is 0 Å². The highest BCUT2D eigenvalue weighted by atomic mass is 127. The lowest BCUT2D eigenvalue weighted by Crippen LogP contribution is -2.16. The van der Waals surface area contributed by atoms with Gasteiger partial charge in [0.2, 0.25) is 0 Å². The molecule has 0 bridgehead atoms. The van der Waals surface area contributed by atoms with Gasteiger partial charge in [-0.3, -0.25) is 4.79 Å². The molecule has 0 aliphatic carbocycles. The second kappa shape index (κ2) is 10.2. The summed E-state index contributed by atoms with van der Waals surface area (Å²) < 4.78 is 13.2. The van der Waals surface area contributed by atoms with Crippen molar-refractivity contribution >= 4 is 67.6 Å². The van der Waals surface area contributed by atoms with E-state index >= 15 is 0 Å². The number of fused-ring (bicyclic) bond motifs is 1. The van der Waals surface area contributed by atoms with E-state index in [4.69, 9.17) is 14.3 Å². The number of halogens is 2. The van der Waals surface area contributed by atoms with Crippen molar-refractivity contribution in [3.63, 3.8) is 0 Å². The SMILES string of the molecule is O=C(O)c1ccc(COc2ccc(/C=N/NC(=O)c3cc4cc(Br)ccc4o3)cc2I)cc1. The predicted molar refractivity (Wildman–Crippen MR) is 136 cm³/mol. The van der Waals surface area contributed by atoms with Gasteiger partial charge in [0, 0.05) is 9.86 Å². The van der Waals surface area contributed by atoms with E-state index in [1.807, 2.05) is 30.3 Å². The zero-order valence-corrected chi connectivity index (χ0v) is 20.7. The Hall–Kier alpha value is -3.18. The Morgan fingerprint density at radius 1 is 1.09 bits per heavy atom. The van der Waals surface area contributed by atoms with Crippen LogP contribution in [0.2, 0.25) is 0 Å². The van der Waals surface area contributed by atoms with Gasteiger partial charge >= 0.3 is 11.9 Å². The van der Waals surface area contributed by atoms with Gasteiger partial charge in [-0.25, -0.2) is 10.2 Å². The molecule has 166 valence electrons. The number of benzene rings is 3. The van der Waals surface area contributed by atoms with Crippen molar-refractivity contribution in [3.05, 3.63) is 97.2 Å². The summed E-state index contributed by atoms with van der Waals surface area (Å²) in [5.74, 6) is -0.541. The van der Waals surface area contributed by atoms with Crippen LogP contribution in [0.5, 0.6) is 5.75 Å². The standard InChI is InChI=1S/C24H16BrIN2O5/c25-18-6-8-20-17(10-18)11-22(33-20)23(29)28-27-12-15-3-7-21(19(26)9-15)32-13-14-1-4-16(5-2-14)24(30)31/h1-12H,13H2,(H,28,29)(H,30,31)/b27-12+. The zero-order chi connectivity index (χ0) is 23.4. The molecule has 1 amide bonds. The van der Waals surface area contributed by atoms with Crippen LogP contribution in [0.15, 0.2) is 80.7 Å². The number of hydrogen-bond acceptors (Lipinski definition) is 5. The van der Waals surface area contributed by atoms with Crippen LogP contribution in [0.1, 0.15) is 32.0 Å². The summed E-state index contributed by atoms with van der Waals surface area (Å²) in [6.07, 6.45) is 1.54. The molecule has 1 aromatic heterocycles. The van der Waals surface area contributed by atoms with Crippen LogP contribution in [-0.4, -0.2) is 23.2 Å². The second-order valence-corrected chi connectivity index (χ2v) is 9.05. The summed E-state index contributed by atoms with van der Waals surface area (Å²) >= 11 is 5.55. The van der Waals surface area contributed by atoms with Gasteiger partial charge in [-0.1, -0.05) is 28.1 Å². The number of hydrazone groups is 1. The number of furan rings is 1. The Kier molecular flexibility index (Phi) is 7.09. The summed E-state index contributed by atoms with van der Waals surface area (Å²) in [5, 5.41) is 13.8. The number of nitrogens with one attached hydrogen (secondary N) is 1. The number of rotatable bonds is 7. The monoisotopic (exact) mass is 618 g/mol. The molecule has 0 fully saturated rings. The number of amides is 1. The Morgan fingerprint density at radius 2 is 1.88 bits per heavy atom. The fraction of sp³-hybridized carbons (Fsp3) is 0.0417. The molecular weight excluding hydrogens is 603 g/mol. The molecule has 4 rings (SSSR count). The van der Waals surface area contributed by atoms with Crippen LogP contribution >= 0.6 is 38.5 Å². The highest BCUT2D eigenvalue weighted by Crippen LogP contribution is 2.24. The number of carboxylic acid groups (broad SMARTS) is 1. The molecular formula is C24H16BrIN2O5. The maximum atomic E-state index is 12.3. The number of carbonyl (C=O) groups excluding carboxylic acids is 1. The summed E-state index contributed by atoms with van der Waals surface area (Å²) in [6, 6.07) is 19.2. The summed E-state index contributed by atoms with van der Waals surface area (Å²) in [6.45, 7) is 0.313. The summed E-state index contributed by atoms with van der Waals surface area (Å²) in [4.78, 5) is 23.2. The number of aromatic carboxylic acids is 1. The minimum absolute atomic E-state index is 0.176. The van der Waals surface area contributed by atoms with Crippen molar-refractivity contribution in [1.82, 2.24) is 5.43 Å². The Morgan fingerprint density at radius 3 is 2.61 bits per heavy atom. The lowest BCUT2D eigenvalue weighted by Gasteiger charge is -2.09. The minimum atomic E-state index is -0.962. The highest BCUT2D eigenvalue weighted by Gasteiger charge is 2.12. The van der Waals surface area contributed by atoms with Gasteiger partial charge in [-0.05, 0) is 88.3 Å². The highest BCUT2D eigenvalue weighted by molar-refractivity contribution is 14.1. The molecule has 0 aliphatic heterocycles. The molecule has 4 aromatic rings. The first-order valence-corrected chi connectivity index (χ1v) is 11.5. The first-order valence-electron chi connectivity index (χ1n) is 9.66. The third kappa shape index (κ3) is 5.79. The van der Waals surface area contributed by atoms with Crippen molar-refractivity contribution in [2.75, 3.05) is 0 Å². The largest absolute Gasteiger partial charge is 0.488 e. The normalized spacial score (nSPS) is 11.1. The van der Waals surface area contributed by atoms with Crippen molar-refractivity contribution in [2.45, 2.75) is 6.61 Å². The van der Waals surface area contributed by atoms with E-state index in [1.54, 1.807) is 36.4 Å². The number of hydrogen-bond donors (Lipinski definition) is 2. The Labute approximate surface area is 210 Å². The van der Waals surface area contributed by atoms with Gasteiger partial charge in [-0.15, -0.1) is 0 Å². The maximum absolute atomic E-state index is 12.3. The summed E-state index contributed by atoms with van der Waals surface area (Å²) in [7, 11) is 0. The molecule has 0 unspecified atom stereocenters. The smallest absolute Gasteiger partial charge is 0.335 e. The van der Waals surface area contributed by atoms with Crippen molar-refractivity contribution < 1.29 is 23.8 Å². The molecule has 0 spiro atoms. The van der Waals surface area contributed by atoms with Crippen molar-refractivity contribution in [2.24, 2.45) is 5.10 Å². The van der Waals surface area contributed by atoms with Crippen LogP contribution in [0, 0.1) is 3.57 Å². The van der Waals surface area contributed by atoms with E-state index in [1.165, 1.54) is 6.21 Å². The minimum Gasteiger partial charge on any atom is -0.488 e. The third-order valence-corrected chi connectivity index (χ3v) is 5.97. The first-order chi connectivity index (χ1) is 15.9. The van der Waals surface area contributed by atoms with E-state index in [0.29, 0.717) is 17.9 Å². The lowest BCUT2D eigenvalue weighted by atomic mass is 10.1. The van der Waals surface area contributed by atoms with Gasteiger partial charge in [0.25, 0.3) is 0 Å². The van der Waals surface area contributed by atoms with Crippen LogP contribution in [0.3, 0.4) is 0 Å².